The molecule has 0 spiro atoms. The Bertz CT molecular complexity index is 884. The molecular weight excluding hydrogens is 409 g/mol. The number of anilines is 1. The van der Waals surface area contributed by atoms with Crippen LogP contribution in [0, 0.1) is 11.7 Å². The molecule has 1 fully saturated rings. The molecule has 172 valence electrons. The number of halogens is 1. The summed E-state index contributed by atoms with van der Waals surface area (Å²) in [6.07, 6.45) is 2.69. The van der Waals surface area contributed by atoms with Gasteiger partial charge in [-0.1, -0.05) is 12.1 Å². The summed E-state index contributed by atoms with van der Waals surface area (Å²) in [4.78, 5) is 29.3. The molecule has 0 saturated carbocycles. The third-order valence-corrected chi connectivity index (χ3v) is 5.55. The smallest absolute Gasteiger partial charge is 0.229 e. The summed E-state index contributed by atoms with van der Waals surface area (Å²) in [6.45, 7) is 2.66. The maximum atomic E-state index is 13.1. The number of carbonyl (C=O) groups is 2. The highest BCUT2D eigenvalue weighted by Gasteiger charge is 2.28. The Morgan fingerprint density at radius 3 is 2.53 bits per heavy atom. The SMILES string of the molecule is CN(C)CCCOc1ccc(NC(=O)C2CCCN(C(=O)Cc3ccc(F)cc3)C2)cc1. The number of likely N-dealkylation sites (tertiary alicyclic amines) is 1. The lowest BCUT2D eigenvalue weighted by molar-refractivity contribution is -0.133. The van der Waals surface area contributed by atoms with Crippen LogP contribution in [0.15, 0.2) is 48.5 Å². The van der Waals surface area contributed by atoms with Gasteiger partial charge in [0, 0.05) is 25.3 Å². The minimum atomic E-state index is -0.320. The third-order valence-electron chi connectivity index (χ3n) is 5.55. The molecule has 1 unspecified atom stereocenters. The molecule has 2 amide bonds. The van der Waals surface area contributed by atoms with Crippen LogP contribution in [0.1, 0.15) is 24.8 Å². The van der Waals surface area contributed by atoms with Crippen LogP contribution in [-0.2, 0) is 16.0 Å². The number of nitrogens with one attached hydrogen (secondary N) is 1. The lowest BCUT2D eigenvalue weighted by Crippen LogP contribution is -2.44. The number of benzene rings is 2. The molecule has 0 aromatic heterocycles. The average Bonchev–Trinajstić information content (AvgIpc) is 2.79. The Morgan fingerprint density at radius 2 is 1.84 bits per heavy atom. The van der Waals surface area contributed by atoms with Crippen LogP contribution in [0.2, 0.25) is 0 Å². The Kier molecular flexibility index (Phi) is 8.62. The van der Waals surface area contributed by atoms with Crippen molar-refractivity contribution in [2.24, 2.45) is 5.92 Å². The monoisotopic (exact) mass is 441 g/mol. The first-order valence-electron chi connectivity index (χ1n) is 11.1. The predicted molar refractivity (Wildman–Crippen MR) is 123 cm³/mol. The van der Waals surface area contributed by atoms with Gasteiger partial charge in [-0.15, -0.1) is 0 Å². The summed E-state index contributed by atoms with van der Waals surface area (Å²) >= 11 is 0. The lowest BCUT2D eigenvalue weighted by Gasteiger charge is -2.32. The van der Waals surface area contributed by atoms with Crippen LogP contribution >= 0.6 is 0 Å². The van der Waals surface area contributed by atoms with Gasteiger partial charge in [-0.3, -0.25) is 9.59 Å². The highest BCUT2D eigenvalue weighted by molar-refractivity contribution is 5.93. The average molecular weight is 442 g/mol. The van der Waals surface area contributed by atoms with Gasteiger partial charge in [0.25, 0.3) is 0 Å². The number of nitrogens with zero attached hydrogens (tertiary/aromatic N) is 2. The van der Waals surface area contributed by atoms with E-state index in [0.29, 0.717) is 25.4 Å². The molecule has 2 aromatic carbocycles. The highest BCUT2D eigenvalue weighted by atomic mass is 19.1. The quantitative estimate of drug-likeness (QED) is 0.605. The number of hydrogen-bond donors (Lipinski definition) is 1. The van der Waals surface area contributed by atoms with Crippen molar-refractivity contribution in [1.29, 1.82) is 0 Å². The summed E-state index contributed by atoms with van der Waals surface area (Å²) in [5.41, 5.74) is 1.48. The van der Waals surface area contributed by atoms with Gasteiger partial charge in [0.05, 0.1) is 18.9 Å². The maximum Gasteiger partial charge on any atom is 0.229 e. The summed E-state index contributed by atoms with van der Waals surface area (Å²) in [5.74, 6) is 0.0912. The fraction of sp³-hybridized carbons (Fsp3) is 0.440. The first kappa shape index (κ1) is 23.7. The van der Waals surface area contributed by atoms with E-state index in [1.54, 1.807) is 17.0 Å². The first-order valence-corrected chi connectivity index (χ1v) is 11.1. The van der Waals surface area contributed by atoms with E-state index in [4.69, 9.17) is 4.74 Å². The van der Waals surface area contributed by atoms with Gasteiger partial charge in [-0.2, -0.15) is 0 Å². The molecule has 1 heterocycles. The fourth-order valence-corrected chi connectivity index (χ4v) is 3.76. The van der Waals surface area contributed by atoms with E-state index >= 15 is 0 Å². The fourth-order valence-electron chi connectivity index (χ4n) is 3.76. The van der Waals surface area contributed by atoms with Gasteiger partial charge in [0.2, 0.25) is 11.8 Å². The van der Waals surface area contributed by atoms with Crippen molar-refractivity contribution in [1.82, 2.24) is 9.80 Å². The molecular formula is C25H32FN3O3. The number of ether oxygens (including phenoxy) is 1. The number of piperidine rings is 1. The second-order valence-corrected chi connectivity index (χ2v) is 8.50. The number of amides is 2. The minimum Gasteiger partial charge on any atom is -0.494 e. The van der Waals surface area contributed by atoms with Crippen molar-refractivity contribution in [3.8, 4) is 5.75 Å². The summed E-state index contributed by atoms with van der Waals surface area (Å²) in [7, 11) is 4.06. The molecule has 6 nitrogen and oxygen atoms in total. The molecule has 7 heteroatoms. The second-order valence-electron chi connectivity index (χ2n) is 8.50. The van der Waals surface area contributed by atoms with Crippen molar-refractivity contribution >= 4 is 17.5 Å². The first-order chi connectivity index (χ1) is 15.4. The highest BCUT2D eigenvalue weighted by Crippen LogP contribution is 2.21. The Balaban J connectivity index is 1.47. The maximum absolute atomic E-state index is 13.1. The topological polar surface area (TPSA) is 61.9 Å². The van der Waals surface area contributed by atoms with Crippen molar-refractivity contribution in [2.75, 3.05) is 45.7 Å². The van der Waals surface area contributed by atoms with E-state index in [9.17, 15) is 14.0 Å². The normalized spacial score (nSPS) is 16.1. The third kappa shape index (κ3) is 7.34. The van der Waals surface area contributed by atoms with Crippen LogP contribution in [0.5, 0.6) is 5.75 Å². The van der Waals surface area contributed by atoms with Crippen LogP contribution in [0.3, 0.4) is 0 Å². The second kappa shape index (κ2) is 11.6. The van der Waals surface area contributed by atoms with E-state index in [2.05, 4.69) is 10.2 Å². The van der Waals surface area contributed by atoms with E-state index in [1.807, 2.05) is 38.4 Å². The summed E-state index contributed by atoms with van der Waals surface area (Å²) < 4.78 is 18.8. The minimum absolute atomic E-state index is 0.0372. The Hall–Kier alpha value is -2.93. The molecule has 3 rings (SSSR count). The van der Waals surface area contributed by atoms with Gasteiger partial charge in [-0.25, -0.2) is 4.39 Å². The Labute approximate surface area is 189 Å². The largest absolute Gasteiger partial charge is 0.494 e. The molecule has 1 saturated heterocycles. The van der Waals surface area contributed by atoms with Crippen LogP contribution < -0.4 is 10.1 Å². The van der Waals surface area contributed by atoms with Gasteiger partial charge < -0.3 is 19.9 Å². The van der Waals surface area contributed by atoms with E-state index < -0.39 is 0 Å². The van der Waals surface area contributed by atoms with Gasteiger partial charge in [0.1, 0.15) is 11.6 Å². The molecule has 1 aliphatic heterocycles. The number of carbonyl (C=O) groups excluding carboxylic acids is 2. The molecule has 0 aliphatic carbocycles. The Morgan fingerprint density at radius 1 is 1.12 bits per heavy atom. The summed E-state index contributed by atoms with van der Waals surface area (Å²) in [6, 6.07) is 13.3. The molecule has 1 aliphatic rings. The van der Waals surface area contributed by atoms with E-state index in [-0.39, 0.29) is 30.0 Å². The van der Waals surface area contributed by atoms with Crippen LogP contribution in [0.25, 0.3) is 0 Å². The van der Waals surface area contributed by atoms with Crippen molar-refractivity contribution in [3.63, 3.8) is 0 Å². The van der Waals surface area contributed by atoms with Crippen LogP contribution in [0.4, 0.5) is 10.1 Å². The standard InChI is InChI=1S/C25H32FN3O3/c1-28(2)14-4-16-32-23-12-10-22(11-13-23)27-25(31)20-5-3-15-29(18-20)24(30)17-19-6-8-21(26)9-7-19/h6-13,20H,3-5,14-18H2,1-2H3,(H,27,31). The molecule has 1 N–H and O–H groups in total. The zero-order chi connectivity index (χ0) is 22.9. The molecule has 2 aromatic rings. The summed E-state index contributed by atoms with van der Waals surface area (Å²) in [5, 5.41) is 2.96. The zero-order valence-electron chi connectivity index (χ0n) is 18.9. The molecule has 1 atom stereocenters. The van der Waals surface area contributed by atoms with Gasteiger partial charge in [0.15, 0.2) is 0 Å². The van der Waals surface area contributed by atoms with Crippen molar-refractivity contribution < 1.29 is 18.7 Å². The lowest BCUT2D eigenvalue weighted by atomic mass is 9.96. The van der Waals surface area contributed by atoms with Gasteiger partial charge >= 0.3 is 0 Å². The van der Waals surface area contributed by atoms with Crippen molar-refractivity contribution in [3.05, 3.63) is 59.9 Å². The molecule has 32 heavy (non-hydrogen) atoms. The molecule has 0 radical (unpaired) electrons. The zero-order valence-corrected chi connectivity index (χ0v) is 18.9. The van der Waals surface area contributed by atoms with Gasteiger partial charge in [-0.05, 0) is 75.3 Å². The van der Waals surface area contributed by atoms with Crippen LogP contribution in [-0.4, -0.2) is 62.0 Å². The molecule has 0 bridgehead atoms. The van der Waals surface area contributed by atoms with E-state index in [0.717, 1.165) is 37.1 Å². The predicted octanol–water partition coefficient (Wildman–Crippen LogP) is 3.58. The van der Waals surface area contributed by atoms with Crippen molar-refractivity contribution in [2.45, 2.75) is 25.7 Å². The van der Waals surface area contributed by atoms with E-state index in [1.165, 1.54) is 12.1 Å². The number of rotatable bonds is 9. The number of hydrogen-bond acceptors (Lipinski definition) is 4.